The summed E-state index contributed by atoms with van der Waals surface area (Å²) in [5.41, 5.74) is 0. The molecule has 0 amide bonds. The van der Waals surface area contributed by atoms with Gasteiger partial charge in [-0.1, -0.05) is 25.1 Å². The number of benzene rings is 1. The van der Waals surface area contributed by atoms with Crippen LogP contribution in [0.5, 0.6) is 5.75 Å². The van der Waals surface area contributed by atoms with E-state index in [0.29, 0.717) is 12.7 Å². The highest BCUT2D eigenvalue weighted by Crippen LogP contribution is 2.07. The van der Waals surface area contributed by atoms with Crippen LogP contribution in [0.25, 0.3) is 0 Å². The third-order valence-electron chi connectivity index (χ3n) is 3.33. The first-order valence-electron chi connectivity index (χ1n) is 7.11. The molecule has 0 radical (unpaired) electrons. The van der Waals surface area contributed by atoms with Crippen LogP contribution in [-0.4, -0.2) is 56.9 Å². The van der Waals surface area contributed by atoms with Gasteiger partial charge >= 0.3 is 0 Å². The van der Waals surface area contributed by atoms with Crippen LogP contribution in [0, 0.1) is 0 Å². The standard InChI is InChI=1S/C15H24N2O2/c1-2-17-9-11-19-15(13-17)12-16-8-10-18-14-6-4-3-5-7-14/h3-7,15-16H,2,8-13H2,1H3. The van der Waals surface area contributed by atoms with Crippen LogP contribution >= 0.6 is 0 Å². The second-order valence-corrected chi connectivity index (χ2v) is 4.75. The quantitative estimate of drug-likeness (QED) is 0.754. The van der Waals surface area contributed by atoms with Crippen LogP contribution in [0.1, 0.15) is 6.92 Å². The molecule has 19 heavy (non-hydrogen) atoms. The molecule has 1 N–H and O–H groups in total. The van der Waals surface area contributed by atoms with Gasteiger partial charge in [0, 0.05) is 26.2 Å². The van der Waals surface area contributed by atoms with Crippen LogP contribution in [-0.2, 0) is 4.74 Å². The smallest absolute Gasteiger partial charge is 0.119 e. The Kier molecular flexibility index (Phi) is 6.14. The highest BCUT2D eigenvalue weighted by Gasteiger charge is 2.18. The Morgan fingerprint density at radius 2 is 2.21 bits per heavy atom. The van der Waals surface area contributed by atoms with Crippen molar-refractivity contribution in [1.29, 1.82) is 0 Å². The summed E-state index contributed by atoms with van der Waals surface area (Å²) in [6, 6.07) is 9.91. The molecule has 0 saturated carbocycles. The van der Waals surface area contributed by atoms with Gasteiger partial charge in [-0.2, -0.15) is 0 Å². The Labute approximate surface area is 115 Å². The minimum atomic E-state index is 0.311. The monoisotopic (exact) mass is 264 g/mol. The number of nitrogens with one attached hydrogen (secondary N) is 1. The molecule has 2 rings (SSSR count). The summed E-state index contributed by atoms with van der Waals surface area (Å²) in [6.07, 6.45) is 0.311. The lowest BCUT2D eigenvalue weighted by atomic mass is 10.2. The summed E-state index contributed by atoms with van der Waals surface area (Å²) in [6.45, 7) is 8.68. The average molecular weight is 264 g/mol. The average Bonchev–Trinajstić information content (AvgIpc) is 2.48. The van der Waals surface area contributed by atoms with Crippen molar-refractivity contribution in [1.82, 2.24) is 10.2 Å². The summed E-state index contributed by atoms with van der Waals surface area (Å²) in [7, 11) is 0. The van der Waals surface area contributed by atoms with E-state index in [1.807, 2.05) is 30.3 Å². The van der Waals surface area contributed by atoms with Crippen molar-refractivity contribution in [3.63, 3.8) is 0 Å². The topological polar surface area (TPSA) is 33.7 Å². The van der Waals surface area contributed by atoms with Crippen LogP contribution < -0.4 is 10.1 Å². The van der Waals surface area contributed by atoms with Gasteiger partial charge in [-0.25, -0.2) is 0 Å². The first kappa shape index (κ1) is 14.3. The first-order chi connectivity index (χ1) is 9.38. The van der Waals surface area contributed by atoms with Gasteiger partial charge in [0.1, 0.15) is 12.4 Å². The van der Waals surface area contributed by atoms with E-state index in [4.69, 9.17) is 9.47 Å². The summed E-state index contributed by atoms with van der Waals surface area (Å²) >= 11 is 0. The van der Waals surface area contributed by atoms with Gasteiger partial charge in [0.15, 0.2) is 0 Å². The zero-order valence-electron chi connectivity index (χ0n) is 11.7. The van der Waals surface area contributed by atoms with Gasteiger partial charge in [-0.3, -0.25) is 4.90 Å². The number of likely N-dealkylation sites (N-methyl/N-ethyl adjacent to an activating group) is 1. The number of morpholine rings is 1. The van der Waals surface area contributed by atoms with Crippen LogP contribution in [0.15, 0.2) is 30.3 Å². The van der Waals surface area contributed by atoms with E-state index >= 15 is 0 Å². The summed E-state index contributed by atoms with van der Waals surface area (Å²) in [5.74, 6) is 0.926. The fraction of sp³-hybridized carbons (Fsp3) is 0.600. The molecule has 1 aliphatic rings. The molecule has 0 bridgehead atoms. The second kappa shape index (κ2) is 8.15. The highest BCUT2D eigenvalue weighted by molar-refractivity contribution is 5.20. The Morgan fingerprint density at radius 1 is 1.37 bits per heavy atom. The number of rotatable bonds is 7. The Balaban J connectivity index is 1.54. The lowest BCUT2D eigenvalue weighted by Crippen LogP contribution is -2.46. The molecule has 0 aromatic heterocycles. The Bertz CT molecular complexity index is 345. The third-order valence-corrected chi connectivity index (χ3v) is 3.33. The molecule has 1 heterocycles. The molecule has 0 aliphatic carbocycles. The molecular formula is C15H24N2O2. The number of hydrogen-bond donors (Lipinski definition) is 1. The van der Waals surface area contributed by atoms with Crippen LogP contribution in [0.3, 0.4) is 0 Å². The summed E-state index contributed by atoms with van der Waals surface area (Å²) < 4.78 is 11.4. The van der Waals surface area contributed by atoms with Crippen molar-refractivity contribution >= 4 is 0 Å². The second-order valence-electron chi connectivity index (χ2n) is 4.75. The zero-order valence-corrected chi connectivity index (χ0v) is 11.7. The third kappa shape index (κ3) is 5.19. The highest BCUT2D eigenvalue weighted by atomic mass is 16.5. The van der Waals surface area contributed by atoms with E-state index in [1.165, 1.54) is 0 Å². The molecular weight excluding hydrogens is 240 g/mol. The van der Waals surface area contributed by atoms with E-state index in [0.717, 1.165) is 45.1 Å². The van der Waals surface area contributed by atoms with Gasteiger partial charge < -0.3 is 14.8 Å². The lowest BCUT2D eigenvalue weighted by Gasteiger charge is -2.32. The maximum atomic E-state index is 5.73. The summed E-state index contributed by atoms with van der Waals surface area (Å²) in [5, 5.41) is 3.39. The number of hydrogen-bond acceptors (Lipinski definition) is 4. The number of para-hydroxylation sites is 1. The van der Waals surface area contributed by atoms with Gasteiger partial charge in [-0.05, 0) is 18.7 Å². The van der Waals surface area contributed by atoms with Gasteiger partial charge in [-0.15, -0.1) is 0 Å². The van der Waals surface area contributed by atoms with E-state index in [9.17, 15) is 0 Å². The maximum Gasteiger partial charge on any atom is 0.119 e. The molecule has 1 aromatic rings. The van der Waals surface area contributed by atoms with Gasteiger partial charge in [0.25, 0.3) is 0 Å². The van der Waals surface area contributed by atoms with Gasteiger partial charge in [0.05, 0.1) is 12.7 Å². The van der Waals surface area contributed by atoms with E-state index in [2.05, 4.69) is 17.1 Å². The van der Waals surface area contributed by atoms with Crippen LogP contribution in [0.2, 0.25) is 0 Å². The van der Waals surface area contributed by atoms with E-state index < -0.39 is 0 Å². The minimum absolute atomic E-state index is 0.311. The molecule has 106 valence electrons. The molecule has 1 fully saturated rings. The van der Waals surface area contributed by atoms with E-state index in [1.54, 1.807) is 0 Å². The fourth-order valence-corrected chi connectivity index (χ4v) is 2.21. The van der Waals surface area contributed by atoms with Crippen molar-refractivity contribution in [2.75, 3.05) is 45.9 Å². The summed E-state index contributed by atoms with van der Waals surface area (Å²) in [4.78, 5) is 2.43. The van der Waals surface area contributed by atoms with E-state index in [-0.39, 0.29) is 0 Å². The molecule has 1 saturated heterocycles. The Hall–Kier alpha value is -1.10. The molecule has 1 atom stereocenters. The van der Waals surface area contributed by atoms with Crippen LogP contribution in [0.4, 0.5) is 0 Å². The molecule has 1 unspecified atom stereocenters. The molecule has 1 aromatic carbocycles. The number of nitrogens with zero attached hydrogens (tertiary/aromatic N) is 1. The normalized spacial score (nSPS) is 20.4. The first-order valence-corrected chi connectivity index (χ1v) is 7.11. The largest absolute Gasteiger partial charge is 0.492 e. The van der Waals surface area contributed by atoms with Crippen molar-refractivity contribution in [3.05, 3.63) is 30.3 Å². The Morgan fingerprint density at radius 3 is 3.00 bits per heavy atom. The molecule has 1 aliphatic heterocycles. The molecule has 0 spiro atoms. The van der Waals surface area contributed by atoms with Gasteiger partial charge in [0.2, 0.25) is 0 Å². The number of ether oxygens (including phenoxy) is 2. The van der Waals surface area contributed by atoms with Crippen molar-refractivity contribution in [3.8, 4) is 5.75 Å². The molecule has 4 heteroatoms. The van der Waals surface area contributed by atoms with Crippen molar-refractivity contribution < 1.29 is 9.47 Å². The predicted molar refractivity (Wildman–Crippen MR) is 76.7 cm³/mol. The maximum absolute atomic E-state index is 5.73. The SMILES string of the molecule is CCN1CCOC(CNCCOc2ccccc2)C1. The minimum Gasteiger partial charge on any atom is -0.492 e. The zero-order chi connectivity index (χ0) is 13.3. The predicted octanol–water partition coefficient (Wildman–Crippen LogP) is 1.38. The van der Waals surface area contributed by atoms with Crippen molar-refractivity contribution in [2.45, 2.75) is 13.0 Å². The van der Waals surface area contributed by atoms with Crippen molar-refractivity contribution in [2.24, 2.45) is 0 Å². The fourth-order valence-electron chi connectivity index (χ4n) is 2.21. The molecule has 4 nitrogen and oxygen atoms in total. The lowest BCUT2D eigenvalue weighted by molar-refractivity contribution is -0.0253.